The number of likely N-dealkylation sites (tertiary alicyclic amines) is 1. The number of rotatable bonds is 5. The first kappa shape index (κ1) is 18.7. The highest BCUT2D eigenvalue weighted by Gasteiger charge is 2.28. The van der Waals surface area contributed by atoms with E-state index >= 15 is 0 Å². The molecule has 0 spiro atoms. The van der Waals surface area contributed by atoms with E-state index in [1.54, 1.807) is 19.2 Å². The number of methoxy groups -OCH3 is 1. The van der Waals surface area contributed by atoms with E-state index in [1.807, 2.05) is 0 Å². The molecule has 7 heteroatoms. The number of nitro benzene ring substituents is 1. The predicted molar refractivity (Wildman–Crippen MR) is 88.5 cm³/mol. The first-order valence-corrected chi connectivity index (χ1v) is 7.32. The molecule has 0 radical (unpaired) electrons. The summed E-state index contributed by atoms with van der Waals surface area (Å²) in [7, 11) is 1.59. The molecule has 124 valence electrons. The lowest BCUT2D eigenvalue weighted by molar-refractivity contribution is -0.385. The van der Waals surface area contributed by atoms with Gasteiger partial charge in [0.15, 0.2) is 0 Å². The lowest BCUT2D eigenvalue weighted by atomic mass is 9.90. The van der Waals surface area contributed by atoms with Crippen LogP contribution in [-0.2, 0) is 6.54 Å². The average molecular weight is 330 g/mol. The average Bonchev–Trinajstić information content (AvgIpc) is 2.47. The molecule has 1 saturated heterocycles. The molecule has 1 aromatic carbocycles. The summed E-state index contributed by atoms with van der Waals surface area (Å²) >= 11 is 0. The summed E-state index contributed by atoms with van der Waals surface area (Å²) in [5, 5.41) is 10.9. The van der Waals surface area contributed by atoms with Crippen LogP contribution < -0.4 is 10.5 Å². The molecule has 0 amide bonds. The molecule has 2 rings (SSSR count). The van der Waals surface area contributed by atoms with Crippen molar-refractivity contribution in [3.8, 4) is 5.75 Å². The van der Waals surface area contributed by atoms with Crippen LogP contribution in [0.5, 0.6) is 5.75 Å². The maximum atomic E-state index is 10.9. The fourth-order valence-corrected chi connectivity index (χ4v) is 3.13. The van der Waals surface area contributed by atoms with Crippen LogP contribution in [0.25, 0.3) is 0 Å². The van der Waals surface area contributed by atoms with Crippen LogP contribution in [0, 0.1) is 16.0 Å². The fourth-order valence-electron chi connectivity index (χ4n) is 3.13. The molecule has 1 fully saturated rings. The van der Waals surface area contributed by atoms with Crippen molar-refractivity contribution < 1.29 is 9.66 Å². The van der Waals surface area contributed by atoms with E-state index in [9.17, 15) is 10.1 Å². The van der Waals surface area contributed by atoms with Crippen molar-refractivity contribution in [2.24, 2.45) is 11.7 Å². The minimum absolute atomic E-state index is 0. The van der Waals surface area contributed by atoms with Gasteiger partial charge in [0.05, 0.1) is 12.0 Å². The molecule has 0 aliphatic carbocycles. The van der Waals surface area contributed by atoms with E-state index in [0.29, 0.717) is 30.8 Å². The molecule has 1 aliphatic heterocycles. The maximum absolute atomic E-state index is 10.9. The Hall–Kier alpha value is -1.37. The number of nitrogens with two attached hydrogens (primary N) is 1. The molecule has 0 bridgehead atoms. The van der Waals surface area contributed by atoms with Gasteiger partial charge in [0.1, 0.15) is 5.75 Å². The van der Waals surface area contributed by atoms with Crippen molar-refractivity contribution in [3.05, 3.63) is 33.9 Å². The lowest BCUT2D eigenvalue weighted by Gasteiger charge is -2.39. The molecule has 0 aromatic heterocycles. The van der Waals surface area contributed by atoms with Gasteiger partial charge >= 0.3 is 0 Å². The number of ether oxygens (including phenoxy) is 1. The highest BCUT2D eigenvalue weighted by molar-refractivity contribution is 5.85. The molecular weight excluding hydrogens is 306 g/mol. The number of piperidine rings is 1. The Bertz CT molecular complexity index is 513. The summed E-state index contributed by atoms with van der Waals surface area (Å²) in [4.78, 5) is 12.9. The Labute approximate surface area is 137 Å². The van der Waals surface area contributed by atoms with Crippen LogP contribution in [0.2, 0.25) is 0 Å². The number of non-ortho nitro benzene ring substituents is 1. The van der Waals surface area contributed by atoms with Crippen LogP contribution in [0.1, 0.15) is 25.3 Å². The second kappa shape index (κ2) is 8.31. The first-order chi connectivity index (χ1) is 10.1. The van der Waals surface area contributed by atoms with Gasteiger partial charge in [-0.05, 0) is 31.4 Å². The second-order valence-electron chi connectivity index (χ2n) is 5.65. The van der Waals surface area contributed by atoms with Crippen molar-refractivity contribution in [2.45, 2.75) is 32.4 Å². The number of halogens is 1. The van der Waals surface area contributed by atoms with Crippen molar-refractivity contribution in [1.82, 2.24) is 4.90 Å². The Balaban J connectivity index is 0.00000242. The monoisotopic (exact) mass is 329 g/mol. The number of hydrogen-bond donors (Lipinski definition) is 1. The molecular formula is C15H24ClN3O3. The third-order valence-electron chi connectivity index (χ3n) is 4.32. The van der Waals surface area contributed by atoms with Gasteiger partial charge in [-0.1, -0.05) is 6.92 Å². The molecule has 1 heterocycles. The summed E-state index contributed by atoms with van der Waals surface area (Å²) in [6.07, 6.45) is 2.32. The van der Waals surface area contributed by atoms with E-state index in [0.717, 1.165) is 18.5 Å². The Morgan fingerprint density at radius 3 is 2.82 bits per heavy atom. The molecule has 22 heavy (non-hydrogen) atoms. The molecule has 2 atom stereocenters. The van der Waals surface area contributed by atoms with Crippen LogP contribution in [-0.4, -0.2) is 36.1 Å². The zero-order valence-corrected chi connectivity index (χ0v) is 13.8. The van der Waals surface area contributed by atoms with Crippen LogP contribution in [0.15, 0.2) is 18.2 Å². The van der Waals surface area contributed by atoms with Gasteiger partial charge in [0.25, 0.3) is 5.69 Å². The maximum Gasteiger partial charge on any atom is 0.270 e. The molecule has 2 unspecified atom stereocenters. The minimum Gasteiger partial charge on any atom is -0.496 e. The lowest BCUT2D eigenvalue weighted by Crippen LogP contribution is -2.48. The van der Waals surface area contributed by atoms with Gasteiger partial charge < -0.3 is 10.5 Å². The summed E-state index contributed by atoms with van der Waals surface area (Å²) in [6.45, 7) is 4.43. The zero-order valence-electron chi connectivity index (χ0n) is 13.0. The number of nitrogens with zero attached hydrogens (tertiary/aromatic N) is 2. The molecule has 6 nitrogen and oxygen atoms in total. The summed E-state index contributed by atoms with van der Waals surface area (Å²) < 4.78 is 5.34. The smallest absolute Gasteiger partial charge is 0.270 e. The van der Waals surface area contributed by atoms with Crippen molar-refractivity contribution in [1.29, 1.82) is 0 Å². The van der Waals surface area contributed by atoms with E-state index < -0.39 is 0 Å². The van der Waals surface area contributed by atoms with Gasteiger partial charge in [-0.2, -0.15) is 0 Å². The Kier molecular flexibility index (Phi) is 7.06. The minimum atomic E-state index is -0.373. The Morgan fingerprint density at radius 2 is 2.23 bits per heavy atom. The van der Waals surface area contributed by atoms with Crippen molar-refractivity contribution >= 4 is 18.1 Å². The van der Waals surface area contributed by atoms with Crippen molar-refractivity contribution in [3.63, 3.8) is 0 Å². The number of benzene rings is 1. The summed E-state index contributed by atoms with van der Waals surface area (Å²) in [5.74, 6) is 1.24. The third-order valence-corrected chi connectivity index (χ3v) is 4.32. The normalized spacial score (nSPS) is 22.0. The number of nitro groups is 1. The SMILES string of the molecule is COc1ccc([N+](=O)[O-])cc1CN1CCCC(C)C1CN.Cl. The molecule has 2 N–H and O–H groups in total. The van der Waals surface area contributed by atoms with Crippen molar-refractivity contribution in [2.75, 3.05) is 20.2 Å². The van der Waals surface area contributed by atoms with Crippen LogP contribution >= 0.6 is 12.4 Å². The van der Waals surface area contributed by atoms with Crippen LogP contribution in [0.4, 0.5) is 5.69 Å². The highest BCUT2D eigenvalue weighted by atomic mass is 35.5. The van der Waals surface area contributed by atoms with Gasteiger partial charge in [-0.15, -0.1) is 12.4 Å². The third kappa shape index (κ3) is 4.09. The quantitative estimate of drug-likeness (QED) is 0.663. The largest absolute Gasteiger partial charge is 0.496 e. The van der Waals surface area contributed by atoms with Crippen LogP contribution in [0.3, 0.4) is 0 Å². The molecule has 1 aliphatic rings. The highest BCUT2D eigenvalue weighted by Crippen LogP contribution is 2.29. The summed E-state index contributed by atoms with van der Waals surface area (Å²) in [5.41, 5.74) is 6.85. The predicted octanol–water partition coefficient (Wildman–Crippen LogP) is 2.58. The second-order valence-corrected chi connectivity index (χ2v) is 5.65. The molecule has 1 aromatic rings. The Morgan fingerprint density at radius 1 is 1.50 bits per heavy atom. The van der Waals surface area contributed by atoms with E-state index in [-0.39, 0.29) is 23.0 Å². The van der Waals surface area contributed by atoms with E-state index in [2.05, 4.69) is 11.8 Å². The van der Waals surface area contributed by atoms with E-state index in [4.69, 9.17) is 10.5 Å². The van der Waals surface area contributed by atoms with Gasteiger partial charge in [-0.25, -0.2) is 0 Å². The fraction of sp³-hybridized carbons (Fsp3) is 0.600. The summed E-state index contributed by atoms with van der Waals surface area (Å²) in [6, 6.07) is 5.06. The zero-order chi connectivity index (χ0) is 15.4. The van der Waals surface area contributed by atoms with Gasteiger partial charge in [-0.3, -0.25) is 15.0 Å². The number of hydrogen-bond acceptors (Lipinski definition) is 5. The molecule has 0 saturated carbocycles. The van der Waals surface area contributed by atoms with Gasteiger partial charge in [0.2, 0.25) is 0 Å². The standard InChI is InChI=1S/C15H23N3O3.ClH/c1-11-4-3-7-17(14(11)9-16)10-12-8-13(18(19)20)5-6-15(12)21-2;/h5-6,8,11,14H,3-4,7,9-10,16H2,1-2H3;1H. The first-order valence-electron chi connectivity index (χ1n) is 7.32. The topological polar surface area (TPSA) is 81.6 Å². The van der Waals surface area contributed by atoms with Gasteiger partial charge in [0, 0.05) is 36.8 Å². The van der Waals surface area contributed by atoms with E-state index in [1.165, 1.54) is 12.5 Å².